The Morgan fingerprint density at radius 2 is 2.06 bits per heavy atom. The van der Waals surface area contributed by atoms with Crippen LogP contribution in [0.15, 0.2) is 12.1 Å². The van der Waals surface area contributed by atoms with Crippen molar-refractivity contribution in [2.75, 3.05) is 11.9 Å². The van der Waals surface area contributed by atoms with Crippen LogP contribution in [0.5, 0.6) is 0 Å². The maximum Gasteiger partial charge on any atom is 0.206 e. The first-order chi connectivity index (χ1) is 8.63. The second-order valence-corrected chi connectivity index (χ2v) is 4.87. The second-order valence-electron chi connectivity index (χ2n) is 3.89. The number of hydrogen-bond acceptors (Lipinski definition) is 4. The van der Waals surface area contributed by atoms with Crippen molar-refractivity contribution in [3.63, 3.8) is 0 Å². The monoisotopic (exact) mass is 269 g/mol. The highest BCUT2D eigenvalue weighted by Crippen LogP contribution is 2.31. The topological polar surface area (TPSA) is 37.8 Å². The van der Waals surface area contributed by atoms with Crippen LogP contribution in [0.4, 0.5) is 13.9 Å². The van der Waals surface area contributed by atoms with Crippen LogP contribution in [0, 0.1) is 18.6 Å². The summed E-state index contributed by atoms with van der Waals surface area (Å²) in [4.78, 5) is 0. The van der Waals surface area contributed by atoms with Gasteiger partial charge in [-0.25, -0.2) is 8.78 Å². The molecule has 0 bridgehead atoms. The van der Waals surface area contributed by atoms with Gasteiger partial charge in [-0.2, -0.15) is 0 Å². The second kappa shape index (κ2) is 5.39. The van der Waals surface area contributed by atoms with Gasteiger partial charge >= 0.3 is 0 Å². The zero-order chi connectivity index (χ0) is 13.1. The van der Waals surface area contributed by atoms with Crippen molar-refractivity contribution in [3.8, 4) is 10.6 Å². The van der Waals surface area contributed by atoms with Gasteiger partial charge in [0.05, 0.1) is 5.56 Å². The largest absolute Gasteiger partial charge is 0.360 e. The summed E-state index contributed by atoms with van der Waals surface area (Å²) < 4.78 is 27.5. The van der Waals surface area contributed by atoms with E-state index in [1.165, 1.54) is 12.1 Å². The van der Waals surface area contributed by atoms with Gasteiger partial charge in [-0.05, 0) is 25.0 Å². The minimum atomic E-state index is -0.615. The zero-order valence-electron chi connectivity index (χ0n) is 10.1. The van der Waals surface area contributed by atoms with E-state index in [4.69, 9.17) is 0 Å². The first-order valence-electron chi connectivity index (χ1n) is 5.65. The summed E-state index contributed by atoms with van der Waals surface area (Å²) in [6.07, 6.45) is 0.947. The van der Waals surface area contributed by atoms with Crippen molar-refractivity contribution < 1.29 is 8.78 Å². The Bertz CT molecular complexity index is 554. The number of aromatic nitrogens is 2. The fraction of sp³-hybridized carbons (Fsp3) is 0.333. The van der Waals surface area contributed by atoms with E-state index in [0.29, 0.717) is 10.7 Å². The predicted molar refractivity (Wildman–Crippen MR) is 68.8 cm³/mol. The van der Waals surface area contributed by atoms with Crippen LogP contribution >= 0.6 is 11.3 Å². The smallest absolute Gasteiger partial charge is 0.206 e. The number of halogens is 2. The molecule has 0 amide bonds. The van der Waals surface area contributed by atoms with E-state index in [1.807, 2.05) is 6.92 Å². The van der Waals surface area contributed by atoms with E-state index in [2.05, 4.69) is 15.5 Å². The van der Waals surface area contributed by atoms with Crippen molar-refractivity contribution in [1.29, 1.82) is 0 Å². The Hall–Kier alpha value is -1.56. The molecule has 0 atom stereocenters. The van der Waals surface area contributed by atoms with Crippen molar-refractivity contribution in [2.24, 2.45) is 0 Å². The molecule has 0 unspecified atom stereocenters. The van der Waals surface area contributed by atoms with Gasteiger partial charge in [-0.15, -0.1) is 10.2 Å². The quantitative estimate of drug-likeness (QED) is 0.921. The Morgan fingerprint density at radius 3 is 2.78 bits per heavy atom. The summed E-state index contributed by atoms with van der Waals surface area (Å²) in [5.41, 5.74) is 0.293. The van der Waals surface area contributed by atoms with Crippen molar-refractivity contribution in [3.05, 3.63) is 29.3 Å². The van der Waals surface area contributed by atoms with Gasteiger partial charge in [0.15, 0.2) is 5.01 Å². The normalized spacial score (nSPS) is 10.7. The molecule has 96 valence electrons. The Morgan fingerprint density at radius 1 is 1.28 bits per heavy atom. The maximum absolute atomic E-state index is 13.9. The molecule has 0 aliphatic rings. The Balaban J connectivity index is 2.37. The van der Waals surface area contributed by atoms with Crippen LogP contribution in [-0.4, -0.2) is 16.7 Å². The van der Waals surface area contributed by atoms with Gasteiger partial charge in [-0.3, -0.25) is 0 Å². The lowest BCUT2D eigenvalue weighted by atomic mass is 10.1. The molecule has 0 saturated carbocycles. The molecule has 2 aromatic rings. The highest BCUT2D eigenvalue weighted by atomic mass is 32.1. The van der Waals surface area contributed by atoms with Gasteiger partial charge < -0.3 is 5.32 Å². The Labute approximate surface area is 108 Å². The molecule has 3 nitrogen and oxygen atoms in total. The third-order valence-electron chi connectivity index (χ3n) is 2.45. The summed E-state index contributed by atoms with van der Waals surface area (Å²) in [6, 6.07) is 2.65. The van der Waals surface area contributed by atoms with Crippen molar-refractivity contribution in [1.82, 2.24) is 10.2 Å². The first kappa shape index (κ1) is 12.9. The lowest BCUT2D eigenvalue weighted by Gasteiger charge is -2.03. The van der Waals surface area contributed by atoms with Gasteiger partial charge in [0.25, 0.3) is 0 Å². The average Bonchev–Trinajstić information content (AvgIpc) is 2.80. The summed E-state index contributed by atoms with van der Waals surface area (Å²) in [5, 5.41) is 11.6. The van der Waals surface area contributed by atoms with Gasteiger partial charge in [-0.1, -0.05) is 24.3 Å². The number of benzene rings is 1. The Kier molecular flexibility index (Phi) is 3.86. The zero-order valence-corrected chi connectivity index (χ0v) is 10.9. The highest BCUT2D eigenvalue weighted by molar-refractivity contribution is 7.18. The molecule has 6 heteroatoms. The van der Waals surface area contributed by atoms with Crippen LogP contribution in [0.25, 0.3) is 10.6 Å². The molecule has 1 heterocycles. The van der Waals surface area contributed by atoms with Crippen LogP contribution in [-0.2, 0) is 0 Å². The van der Waals surface area contributed by atoms with Gasteiger partial charge in [0, 0.05) is 6.54 Å². The van der Waals surface area contributed by atoms with E-state index in [-0.39, 0.29) is 10.6 Å². The molecule has 1 aromatic heterocycles. The van der Waals surface area contributed by atoms with E-state index in [1.54, 1.807) is 6.92 Å². The standard InChI is InChI=1S/C12H13F2N3S/c1-3-6-15-12-17-16-11(18-12)9-8(13)5-4-7(2)10(9)14/h4-5H,3,6H2,1-2H3,(H,15,17). The SMILES string of the molecule is CCCNc1nnc(-c2c(F)ccc(C)c2F)s1. The lowest BCUT2D eigenvalue weighted by Crippen LogP contribution is -1.98. The van der Waals surface area contributed by atoms with Crippen molar-refractivity contribution >= 4 is 16.5 Å². The molecule has 1 aromatic carbocycles. The number of aryl methyl sites for hydroxylation is 1. The number of rotatable bonds is 4. The molecule has 0 aliphatic carbocycles. The molecule has 18 heavy (non-hydrogen) atoms. The molecule has 1 N–H and O–H groups in total. The molecule has 0 radical (unpaired) electrons. The lowest BCUT2D eigenvalue weighted by molar-refractivity contribution is 0.583. The van der Waals surface area contributed by atoms with Crippen LogP contribution in [0.2, 0.25) is 0 Å². The summed E-state index contributed by atoms with van der Waals surface area (Å²) >= 11 is 1.15. The van der Waals surface area contributed by atoms with E-state index in [9.17, 15) is 8.78 Å². The maximum atomic E-state index is 13.9. The van der Waals surface area contributed by atoms with E-state index >= 15 is 0 Å². The number of nitrogens with zero attached hydrogens (tertiary/aromatic N) is 2. The highest BCUT2D eigenvalue weighted by Gasteiger charge is 2.17. The average molecular weight is 269 g/mol. The predicted octanol–water partition coefficient (Wildman–Crippen LogP) is 3.61. The molecule has 2 rings (SSSR count). The third kappa shape index (κ3) is 2.48. The summed E-state index contributed by atoms with van der Waals surface area (Å²) in [5.74, 6) is -1.19. The van der Waals surface area contributed by atoms with Crippen LogP contribution in [0.1, 0.15) is 18.9 Å². The minimum Gasteiger partial charge on any atom is -0.360 e. The van der Waals surface area contributed by atoms with Gasteiger partial charge in [0.1, 0.15) is 11.6 Å². The molecule has 0 fully saturated rings. The number of nitrogens with one attached hydrogen (secondary N) is 1. The molecule has 0 spiro atoms. The van der Waals surface area contributed by atoms with Crippen LogP contribution in [0.3, 0.4) is 0 Å². The summed E-state index contributed by atoms with van der Waals surface area (Å²) in [6.45, 7) is 4.37. The fourth-order valence-electron chi connectivity index (χ4n) is 1.48. The van der Waals surface area contributed by atoms with E-state index in [0.717, 1.165) is 24.3 Å². The number of anilines is 1. The molecule has 0 aliphatic heterocycles. The first-order valence-corrected chi connectivity index (χ1v) is 6.47. The van der Waals surface area contributed by atoms with Gasteiger partial charge in [0.2, 0.25) is 5.13 Å². The van der Waals surface area contributed by atoms with Crippen molar-refractivity contribution in [2.45, 2.75) is 20.3 Å². The van der Waals surface area contributed by atoms with E-state index < -0.39 is 11.6 Å². The molecular weight excluding hydrogens is 256 g/mol. The summed E-state index contributed by atoms with van der Waals surface area (Å²) in [7, 11) is 0. The molecule has 0 saturated heterocycles. The third-order valence-corrected chi connectivity index (χ3v) is 3.35. The molecular formula is C12H13F2N3S. The van der Waals surface area contributed by atoms with Crippen LogP contribution < -0.4 is 5.32 Å². The number of hydrogen-bond donors (Lipinski definition) is 1. The fourth-order valence-corrected chi connectivity index (χ4v) is 2.29. The minimum absolute atomic E-state index is 0.1000.